The lowest BCUT2D eigenvalue weighted by atomic mass is 11.3. The SMILES string of the molecule is O=c1[nH]c(I)ns1. The average Bonchev–Trinajstić information content (AvgIpc) is 1.87. The molecule has 0 saturated heterocycles. The lowest BCUT2D eigenvalue weighted by Crippen LogP contribution is -1.90. The van der Waals surface area contributed by atoms with E-state index in [0.29, 0.717) is 3.83 Å². The summed E-state index contributed by atoms with van der Waals surface area (Å²) in [6.45, 7) is 0. The number of hydrogen-bond acceptors (Lipinski definition) is 3. The molecule has 1 aromatic heterocycles. The normalized spacial score (nSPS) is 9.29. The molecule has 0 fully saturated rings. The third kappa shape index (κ3) is 1.23. The quantitative estimate of drug-likeness (QED) is 0.654. The van der Waals surface area contributed by atoms with Gasteiger partial charge in [-0.15, -0.1) is 0 Å². The second-order valence-electron chi connectivity index (χ2n) is 0.886. The molecular weight excluding hydrogens is 227 g/mol. The van der Waals surface area contributed by atoms with E-state index in [1.54, 1.807) is 0 Å². The minimum absolute atomic E-state index is 0.0931. The van der Waals surface area contributed by atoms with Gasteiger partial charge in [-0.05, 0) is 0 Å². The number of halogens is 1. The van der Waals surface area contributed by atoms with Crippen LogP contribution in [-0.4, -0.2) is 9.36 Å². The van der Waals surface area contributed by atoms with Gasteiger partial charge in [0.2, 0.25) is 0 Å². The van der Waals surface area contributed by atoms with Crippen LogP contribution in [0.3, 0.4) is 0 Å². The van der Waals surface area contributed by atoms with Crippen molar-refractivity contribution in [3.63, 3.8) is 0 Å². The fourth-order valence-electron chi connectivity index (χ4n) is 0.211. The third-order valence-corrected chi connectivity index (χ3v) is 1.79. The molecule has 0 aliphatic carbocycles. The summed E-state index contributed by atoms with van der Waals surface area (Å²) in [5.41, 5.74) is 0. The Bertz CT molecular complexity index is 203. The summed E-state index contributed by atoms with van der Waals surface area (Å²) >= 11 is 2.88. The largest absolute Gasteiger partial charge is 0.324 e. The lowest BCUT2D eigenvalue weighted by molar-refractivity contribution is 1.21. The van der Waals surface area contributed by atoms with Gasteiger partial charge in [0.25, 0.3) is 0 Å². The third-order valence-electron chi connectivity index (χ3n) is 0.414. The Morgan fingerprint density at radius 1 is 1.86 bits per heavy atom. The number of nitrogens with zero attached hydrogens (tertiary/aromatic N) is 1. The molecule has 38 valence electrons. The maximum atomic E-state index is 10.2. The minimum Gasteiger partial charge on any atom is -0.291 e. The van der Waals surface area contributed by atoms with E-state index >= 15 is 0 Å². The maximum absolute atomic E-state index is 10.2. The predicted octanol–water partition coefficient (Wildman–Crippen LogP) is 0.436. The van der Waals surface area contributed by atoms with E-state index in [1.165, 1.54) is 0 Å². The Hall–Kier alpha value is 0.0900. The molecule has 0 amide bonds. The molecule has 1 rings (SSSR count). The van der Waals surface area contributed by atoms with Crippen molar-refractivity contribution in [1.82, 2.24) is 9.36 Å². The Balaban J connectivity index is 3.30. The fraction of sp³-hybridized carbons (Fsp3) is 0. The van der Waals surface area contributed by atoms with Crippen molar-refractivity contribution >= 4 is 34.1 Å². The van der Waals surface area contributed by atoms with Crippen LogP contribution >= 0.6 is 34.1 Å². The monoisotopic (exact) mass is 228 g/mol. The molecule has 3 nitrogen and oxygen atoms in total. The summed E-state index contributed by atoms with van der Waals surface area (Å²) in [6.07, 6.45) is 0. The van der Waals surface area contributed by atoms with Crippen molar-refractivity contribution in [3.8, 4) is 0 Å². The zero-order valence-corrected chi connectivity index (χ0v) is 6.12. The van der Waals surface area contributed by atoms with E-state index in [1.807, 2.05) is 22.6 Å². The van der Waals surface area contributed by atoms with E-state index in [9.17, 15) is 4.79 Å². The van der Waals surface area contributed by atoms with Crippen molar-refractivity contribution in [3.05, 3.63) is 13.5 Å². The van der Waals surface area contributed by atoms with Crippen LogP contribution in [-0.2, 0) is 0 Å². The maximum Gasteiger partial charge on any atom is 0.324 e. The van der Waals surface area contributed by atoms with Crippen LogP contribution in [0.25, 0.3) is 0 Å². The van der Waals surface area contributed by atoms with Crippen LogP contribution < -0.4 is 4.87 Å². The summed E-state index contributed by atoms with van der Waals surface area (Å²) in [7, 11) is 0. The van der Waals surface area contributed by atoms with Gasteiger partial charge in [-0.25, -0.2) is 0 Å². The van der Waals surface area contributed by atoms with Gasteiger partial charge >= 0.3 is 4.87 Å². The highest BCUT2D eigenvalue weighted by Crippen LogP contribution is 1.90. The molecule has 0 unspecified atom stereocenters. The molecule has 1 heterocycles. The molecule has 0 aliphatic rings. The molecule has 1 aromatic rings. The number of aromatic amines is 1. The summed E-state index contributed by atoms with van der Waals surface area (Å²) in [4.78, 5) is 12.6. The van der Waals surface area contributed by atoms with Crippen molar-refractivity contribution in [2.24, 2.45) is 0 Å². The number of rotatable bonds is 0. The minimum atomic E-state index is -0.0931. The van der Waals surface area contributed by atoms with Crippen LogP contribution in [0, 0.1) is 3.83 Å². The average molecular weight is 228 g/mol. The first-order chi connectivity index (χ1) is 3.29. The van der Waals surface area contributed by atoms with Crippen LogP contribution in [0.4, 0.5) is 0 Å². The van der Waals surface area contributed by atoms with Gasteiger partial charge in [0.1, 0.15) is 0 Å². The number of aromatic nitrogens is 2. The highest BCUT2D eigenvalue weighted by Gasteiger charge is 1.87. The number of H-pyrrole nitrogens is 1. The summed E-state index contributed by atoms with van der Waals surface area (Å²) < 4.78 is 4.34. The zero-order chi connectivity index (χ0) is 5.28. The number of nitrogens with one attached hydrogen (secondary N) is 1. The van der Waals surface area contributed by atoms with Crippen LogP contribution in [0.2, 0.25) is 0 Å². The molecule has 0 atom stereocenters. The Morgan fingerprint density at radius 3 is 2.71 bits per heavy atom. The van der Waals surface area contributed by atoms with Gasteiger partial charge in [0.15, 0.2) is 3.83 Å². The highest BCUT2D eigenvalue weighted by molar-refractivity contribution is 14.1. The van der Waals surface area contributed by atoms with Gasteiger partial charge in [0.05, 0.1) is 0 Å². The number of hydrogen-bond donors (Lipinski definition) is 1. The fourth-order valence-corrected chi connectivity index (χ4v) is 1.29. The molecule has 0 radical (unpaired) electrons. The van der Waals surface area contributed by atoms with E-state index < -0.39 is 0 Å². The van der Waals surface area contributed by atoms with E-state index in [2.05, 4.69) is 9.36 Å². The molecule has 1 N–H and O–H groups in total. The molecular formula is C2HIN2OS. The Kier molecular flexibility index (Phi) is 1.43. The molecule has 0 saturated carbocycles. The van der Waals surface area contributed by atoms with Gasteiger partial charge in [-0.3, -0.25) is 9.78 Å². The van der Waals surface area contributed by atoms with E-state index in [-0.39, 0.29) is 4.87 Å². The molecule has 0 aromatic carbocycles. The van der Waals surface area contributed by atoms with Crippen molar-refractivity contribution in [2.75, 3.05) is 0 Å². The van der Waals surface area contributed by atoms with Gasteiger partial charge in [0, 0.05) is 34.1 Å². The van der Waals surface area contributed by atoms with Crippen molar-refractivity contribution in [2.45, 2.75) is 0 Å². The Labute approximate surface area is 57.1 Å². The first-order valence-electron chi connectivity index (χ1n) is 1.50. The molecule has 7 heavy (non-hydrogen) atoms. The second-order valence-corrected chi connectivity index (χ2v) is 2.64. The zero-order valence-electron chi connectivity index (χ0n) is 3.14. The van der Waals surface area contributed by atoms with Gasteiger partial charge < -0.3 is 0 Å². The standard InChI is InChI=1S/C2HIN2OS/c3-1-4-2(6)7-5-1/h(H,4,5,6). The Morgan fingerprint density at radius 2 is 2.57 bits per heavy atom. The van der Waals surface area contributed by atoms with E-state index in [0.717, 1.165) is 11.5 Å². The van der Waals surface area contributed by atoms with Crippen LogP contribution in [0.15, 0.2) is 4.79 Å². The molecule has 5 heteroatoms. The predicted molar refractivity (Wildman–Crippen MR) is 35.5 cm³/mol. The summed E-state index contributed by atoms with van der Waals surface area (Å²) in [5, 5.41) is 0. The smallest absolute Gasteiger partial charge is 0.291 e. The van der Waals surface area contributed by atoms with Crippen LogP contribution in [0.5, 0.6) is 0 Å². The van der Waals surface area contributed by atoms with Crippen molar-refractivity contribution < 1.29 is 0 Å². The topological polar surface area (TPSA) is 45.8 Å². The van der Waals surface area contributed by atoms with Crippen molar-refractivity contribution in [1.29, 1.82) is 0 Å². The molecule has 0 spiro atoms. The molecule has 0 aliphatic heterocycles. The lowest BCUT2D eigenvalue weighted by Gasteiger charge is -1.63. The summed E-state index contributed by atoms with van der Waals surface area (Å²) in [5.74, 6) is 0. The summed E-state index contributed by atoms with van der Waals surface area (Å²) in [6, 6.07) is 0. The molecule has 0 bridgehead atoms. The second kappa shape index (κ2) is 1.91. The van der Waals surface area contributed by atoms with E-state index in [4.69, 9.17) is 0 Å². The van der Waals surface area contributed by atoms with Crippen LogP contribution in [0.1, 0.15) is 0 Å². The first kappa shape index (κ1) is 5.23. The van der Waals surface area contributed by atoms with Gasteiger partial charge in [-0.1, -0.05) is 0 Å². The highest BCUT2D eigenvalue weighted by atomic mass is 127. The first-order valence-corrected chi connectivity index (χ1v) is 3.36. The van der Waals surface area contributed by atoms with Gasteiger partial charge in [-0.2, -0.15) is 4.37 Å².